The van der Waals surface area contributed by atoms with Crippen LogP contribution in [0.15, 0.2) is 18.2 Å². The fourth-order valence-corrected chi connectivity index (χ4v) is 2.57. The van der Waals surface area contributed by atoms with Crippen LogP contribution in [0.4, 0.5) is 15.8 Å². The lowest BCUT2D eigenvalue weighted by Gasteiger charge is -2.37. The van der Waals surface area contributed by atoms with Gasteiger partial charge in [-0.3, -0.25) is 9.69 Å². The van der Waals surface area contributed by atoms with Gasteiger partial charge in [0.25, 0.3) is 0 Å². The first-order chi connectivity index (χ1) is 9.88. The Morgan fingerprint density at radius 2 is 2.29 bits per heavy atom. The van der Waals surface area contributed by atoms with Crippen molar-refractivity contribution in [3.63, 3.8) is 0 Å². The average molecular weight is 295 g/mol. The second-order valence-electron chi connectivity index (χ2n) is 5.73. The molecular weight excluding hydrogens is 273 g/mol. The van der Waals surface area contributed by atoms with E-state index >= 15 is 0 Å². The second kappa shape index (κ2) is 6.41. The van der Waals surface area contributed by atoms with E-state index in [1.807, 2.05) is 18.7 Å². The van der Waals surface area contributed by atoms with E-state index < -0.39 is 5.82 Å². The molecule has 1 heterocycles. The van der Waals surface area contributed by atoms with Crippen molar-refractivity contribution in [1.82, 2.24) is 4.90 Å². The molecule has 0 bridgehead atoms. The number of anilines is 2. The Morgan fingerprint density at radius 1 is 1.57 bits per heavy atom. The number of carbonyl (C=O) groups is 1. The summed E-state index contributed by atoms with van der Waals surface area (Å²) in [7, 11) is 0. The van der Waals surface area contributed by atoms with Crippen LogP contribution in [0.25, 0.3) is 0 Å². The Morgan fingerprint density at radius 3 is 2.90 bits per heavy atom. The van der Waals surface area contributed by atoms with Gasteiger partial charge in [-0.05, 0) is 37.5 Å². The summed E-state index contributed by atoms with van der Waals surface area (Å²) in [6.07, 6.45) is 0.363. The normalized spacial score (nSPS) is 24.6. The molecule has 1 aromatic carbocycles. The maximum atomic E-state index is 13.0. The zero-order valence-electron chi connectivity index (χ0n) is 12.3. The van der Waals surface area contributed by atoms with Gasteiger partial charge in [0.05, 0.1) is 23.5 Å². The van der Waals surface area contributed by atoms with Crippen LogP contribution in [0.2, 0.25) is 0 Å². The number of aliphatic hydroxyl groups excluding tert-OH is 1. The van der Waals surface area contributed by atoms with Crippen molar-refractivity contribution >= 4 is 17.3 Å². The van der Waals surface area contributed by atoms with Gasteiger partial charge in [0.15, 0.2) is 0 Å². The summed E-state index contributed by atoms with van der Waals surface area (Å²) < 4.78 is 13.0. The first kappa shape index (κ1) is 15.7. The topological polar surface area (TPSA) is 78.6 Å². The highest BCUT2D eigenvalue weighted by Crippen LogP contribution is 2.22. The second-order valence-corrected chi connectivity index (χ2v) is 5.73. The molecular formula is C15H22FN3O2. The minimum absolute atomic E-state index is 0.143. The minimum atomic E-state index is -0.433. The number of likely N-dealkylation sites (tertiary alicyclic amines) is 1. The molecule has 1 fully saturated rings. The van der Waals surface area contributed by atoms with Crippen molar-refractivity contribution in [2.45, 2.75) is 32.4 Å². The Labute approximate surface area is 123 Å². The average Bonchev–Trinajstić information content (AvgIpc) is 2.44. The van der Waals surface area contributed by atoms with Crippen molar-refractivity contribution in [2.24, 2.45) is 5.92 Å². The molecule has 1 amide bonds. The molecule has 1 saturated heterocycles. The van der Waals surface area contributed by atoms with Crippen molar-refractivity contribution in [2.75, 3.05) is 24.1 Å². The molecule has 0 aliphatic carbocycles. The summed E-state index contributed by atoms with van der Waals surface area (Å²) in [5, 5.41) is 12.5. The number of halogens is 1. The number of carbonyl (C=O) groups excluding carboxylic acids is 1. The van der Waals surface area contributed by atoms with E-state index in [0.717, 1.165) is 0 Å². The molecule has 0 spiro atoms. The van der Waals surface area contributed by atoms with Gasteiger partial charge in [0.1, 0.15) is 5.82 Å². The van der Waals surface area contributed by atoms with Gasteiger partial charge in [0, 0.05) is 13.1 Å². The molecule has 0 radical (unpaired) electrons. The van der Waals surface area contributed by atoms with Crippen LogP contribution in [0.3, 0.4) is 0 Å². The number of nitrogens with zero attached hydrogens (tertiary/aromatic N) is 1. The molecule has 1 aromatic rings. The summed E-state index contributed by atoms with van der Waals surface area (Å²) in [5.41, 5.74) is 6.31. The smallest absolute Gasteiger partial charge is 0.241 e. The molecule has 21 heavy (non-hydrogen) atoms. The number of hydrogen-bond acceptors (Lipinski definition) is 4. The van der Waals surface area contributed by atoms with Gasteiger partial charge in [0.2, 0.25) is 5.91 Å². The lowest BCUT2D eigenvalue weighted by Crippen LogP contribution is -2.50. The molecule has 0 saturated carbocycles. The van der Waals surface area contributed by atoms with Crippen LogP contribution in [0.5, 0.6) is 0 Å². The third-order valence-electron chi connectivity index (χ3n) is 4.09. The van der Waals surface area contributed by atoms with Crippen molar-refractivity contribution < 1.29 is 14.3 Å². The molecule has 6 heteroatoms. The summed E-state index contributed by atoms with van der Waals surface area (Å²) in [4.78, 5) is 14.3. The Hall–Kier alpha value is -1.66. The first-order valence-corrected chi connectivity index (χ1v) is 7.16. The molecule has 0 aromatic heterocycles. The van der Waals surface area contributed by atoms with E-state index in [0.29, 0.717) is 25.2 Å². The Kier molecular flexibility index (Phi) is 4.80. The highest BCUT2D eigenvalue weighted by Gasteiger charge is 2.30. The van der Waals surface area contributed by atoms with Crippen LogP contribution in [-0.4, -0.2) is 41.1 Å². The summed E-state index contributed by atoms with van der Waals surface area (Å²) in [5.74, 6) is -0.473. The predicted octanol–water partition coefficient (Wildman–Crippen LogP) is 1.44. The molecule has 5 nitrogen and oxygen atoms in total. The third kappa shape index (κ3) is 3.71. The van der Waals surface area contributed by atoms with Crippen LogP contribution in [0.1, 0.15) is 20.3 Å². The number of rotatable bonds is 3. The van der Waals surface area contributed by atoms with E-state index in [-0.39, 0.29) is 29.7 Å². The quantitative estimate of drug-likeness (QED) is 0.737. The van der Waals surface area contributed by atoms with E-state index in [2.05, 4.69) is 5.32 Å². The zero-order chi connectivity index (χ0) is 15.6. The van der Waals surface area contributed by atoms with Crippen LogP contribution in [0, 0.1) is 11.7 Å². The number of aliphatic hydroxyl groups is 1. The predicted molar refractivity (Wildman–Crippen MR) is 80.3 cm³/mol. The van der Waals surface area contributed by atoms with Crippen molar-refractivity contribution in [1.29, 1.82) is 0 Å². The van der Waals surface area contributed by atoms with Gasteiger partial charge < -0.3 is 16.2 Å². The maximum absolute atomic E-state index is 13.0. The fraction of sp³-hybridized carbons (Fsp3) is 0.533. The number of nitrogen functional groups attached to an aromatic ring is 1. The lowest BCUT2D eigenvalue weighted by molar-refractivity contribution is -0.122. The van der Waals surface area contributed by atoms with Gasteiger partial charge >= 0.3 is 0 Å². The van der Waals surface area contributed by atoms with Crippen LogP contribution >= 0.6 is 0 Å². The highest BCUT2D eigenvalue weighted by molar-refractivity contribution is 5.97. The van der Waals surface area contributed by atoms with Crippen LogP contribution < -0.4 is 11.1 Å². The number of amides is 1. The maximum Gasteiger partial charge on any atom is 0.241 e. The van der Waals surface area contributed by atoms with Gasteiger partial charge in [-0.25, -0.2) is 4.39 Å². The molecule has 3 unspecified atom stereocenters. The molecule has 1 aliphatic rings. The SMILES string of the molecule is CC1CN(C(C)C(=O)Nc2ccc(F)cc2N)CCC1O. The molecule has 2 rings (SSSR count). The Balaban J connectivity index is 1.99. The zero-order valence-corrected chi connectivity index (χ0v) is 12.3. The standard InChI is InChI=1S/C15H22FN3O2/c1-9-8-19(6-5-14(9)20)10(2)15(21)18-13-4-3-11(16)7-12(13)17/h3-4,7,9-10,14,20H,5-6,8,17H2,1-2H3,(H,18,21). The molecule has 3 atom stereocenters. The first-order valence-electron chi connectivity index (χ1n) is 7.16. The van der Waals surface area contributed by atoms with E-state index in [4.69, 9.17) is 5.73 Å². The van der Waals surface area contributed by atoms with E-state index in [1.165, 1.54) is 18.2 Å². The highest BCUT2D eigenvalue weighted by atomic mass is 19.1. The minimum Gasteiger partial charge on any atom is -0.397 e. The number of nitrogens with two attached hydrogens (primary N) is 1. The van der Waals surface area contributed by atoms with Gasteiger partial charge in [-0.15, -0.1) is 0 Å². The fourth-order valence-electron chi connectivity index (χ4n) is 2.57. The summed E-state index contributed by atoms with van der Waals surface area (Å²) in [6.45, 7) is 5.15. The van der Waals surface area contributed by atoms with Crippen molar-refractivity contribution in [3.05, 3.63) is 24.0 Å². The largest absolute Gasteiger partial charge is 0.397 e. The number of nitrogens with one attached hydrogen (secondary N) is 1. The van der Waals surface area contributed by atoms with Crippen LogP contribution in [-0.2, 0) is 4.79 Å². The van der Waals surface area contributed by atoms with E-state index in [1.54, 1.807) is 0 Å². The molecule has 1 aliphatic heterocycles. The Bertz CT molecular complexity index is 524. The number of hydrogen-bond donors (Lipinski definition) is 3. The lowest BCUT2D eigenvalue weighted by atomic mass is 9.95. The summed E-state index contributed by atoms with van der Waals surface area (Å²) >= 11 is 0. The van der Waals surface area contributed by atoms with Gasteiger partial charge in [-0.2, -0.15) is 0 Å². The molecule has 4 N–H and O–H groups in total. The number of piperidine rings is 1. The van der Waals surface area contributed by atoms with Crippen molar-refractivity contribution in [3.8, 4) is 0 Å². The monoisotopic (exact) mass is 295 g/mol. The van der Waals surface area contributed by atoms with Gasteiger partial charge in [-0.1, -0.05) is 6.92 Å². The summed E-state index contributed by atoms with van der Waals surface area (Å²) in [6, 6.07) is 3.57. The number of benzene rings is 1. The molecule has 116 valence electrons. The third-order valence-corrected chi connectivity index (χ3v) is 4.09. The van der Waals surface area contributed by atoms with E-state index in [9.17, 15) is 14.3 Å².